The van der Waals surface area contributed by atoms with Crippen molar-refractivity contribution in [1.82, 2.24) is 19.5 Å². The second-order valence-corrected chi connectivity index (χ2v) is 9.74. The third-order valence-electron chi connectivity index (χ3n) is 7.07. The highest BCUT2D eigenvalue weighted by molar-refractivity contribution is 6.11. The number of ether oxygens (including phenoxy) is 1. The quantitative estimate of drug-likeness (QED) is 0.249. The summed E-state index contributed by atoms with van der Waals surface area (Å²) in [5.74, 6) is 0.0592. The molecule has 0 aliphatic rings. The van der Waals surface area contributed by atoms with E-state index in [0.717, 1.165) is 5.56 Å². The average Bonchev–Trinajstić information content (AvgIpc) is 3.45. The molecule has 0 bridgehead atoms. The zero-order chi connectivity index (χ0) is 29.4. The first kappa shape index (κ1) is 26.5. The third-order valence-corrected chi connectivity index (χ3v) is 7.07. The minimum atomic E-state index is -0.484. The van der Waals surface area contributed by atoms with E-state index < -0.39 is 11.9 Å². The maximum atomic E-state index is 13.6. The van der Waals surface area contributed by atoms with Gasteiger partial charge in [0.15, 0.2) is 11.4 Å². The minimum Gasteiger partial charge on any atom is -0.506 e. The maximum absolute atomic E-state index is 13.6. The fourth-order valence-corrected chi connectivity index (χ4v) is 4.78. The molecule has 0 unspecified atom stereocenters. The highest BCUT2D eigenvalue weighted by Crippen LogP contribution is 2.40. The molecule has 0 saturated heterocycles. The van der Waals surface area contributed by atoms with Crippen LogP contribution in [0, 0.1) is 13.8 Å². The lowest BCUT2D eigenvalue weighted by Crippen LogP contribution is -2.31. The van der Waals surface area contributed by atoms with E-state index in [1.54, 1.807) is 62.5 Å². The Hall–Kier alpha value is -5.77. The number of nitrogens with zero attached hydrogens (tertiary/aromatic N) is 5. The Morgan fingerprint density at radius 1 is 0.881 bits per heavy atom. The molecule has 6 aromatic rings. The van der Waals surface area contributed by atoms with Crippen molar-refractivity contribution in [2.24, 2.45) is 0 Å². The normalized spacial score (nSPS) is 11.0. The number of hydrogen-bond acceptors (Lipinski definition) is 7. The Morgan fingerprint density at radius 2 is 1.60 bits per heavy atom. The van der Waals surface area contributed by atoms with Crippen molar-refractivity contribution in [3.63, 3.8) is 0 Å². The van der Waals surface area contributed by atoms with Crippen LogP contribution in [-0.2, 0) is 0 Å². The van der Waals surface area contributed by atoms with Crippen LogP contribution in [0.5, 0.6) is 17.2 Å². The molecular weight excluding hydrogens is 532 g/mol. The van der Waals surface area contributed by atoms with Crippen molar-refractivity contribution in [3.8, 4) is 17.2 Å². The van der Waals surface area contributed by atoms with Gasteiger partial charge in [0.25, 0.3) is 5.91 Å². The van der Waals surface area contributed by atoms with Crippen LogP contribution in [0.4, 0.5) is 16.2 Å². The van der Waals surface area contributed by atoms with Crippen molar-refractivity contribution in [1.29, 1.82) is 0 Å². The van der Waals surface area contributed by atoms with Gasteiger partial charge in [0.1, 0.15) is 29.7 Å². The molecule has 2 heterocycles. The summed E-state index contributed by atoms with van der Waals surface area (Å²) in [6.07, 6.45) is 2.81. The first-order valence-electron chi connectivity index (χ1n) is 13.1. The maximum Gasteiger partial charge on any atom is 0.335 e. The lowest BCUT2D eigenvalue weighted by Gasteiger charge is -2.21. The monoisotopic (exact) mass is 558 g/mol. The molecule has 10 nitrogen and oxygen atoms in total. The molecule has 2 N–H and O–H groups in total. The Kier molecular flexibility index (Phi) is 6.71. The van der Waals surface area contributed by atoms with Gasteiger partial charge >= 0.3 is 6.03 Å². The molecule has 0 atom stereocenters. The van der Waals surface area contributed by atoms with Gasteiger partial charge in [-0.2, -0.15) is 0 Å². The number of aryl methyl sites for hydroxylation is 2. The number of rotatable bonds is 5. The summed E-state index contributed by atoms with van der Waals surface area (Å²) in [6.45, 7) is 3.69. The van der Waals surface area contributed by atoms with Crippen LogP contribution < -0.4 is 15.0 Å². The molecule has 0 aliphatic carbocycles. The van der Waals surface area contributed by atoms with Crippen molar-refractivity contribution >= 4 is 45.2 Å². The molecule has 2 aromatic heterocycles. The number of fused-ring (bicyclic) bond motifs is 2. The predicted octanol–water partition coefficient (Wildman–Crippen LogP) is 6.45. The summed E-state index contributed by atoms with van der Waals surface area (Å²) in [5, 5.41) is 15.0. The largest absolute Gasteiger partial charge is 0.506 e. The third kappa shape index (κ3) is 4.64. The highest BCUT2D eigenvalue weighted by atomic mass is 16.5. The van der Waals surface area contributed by atoms with Gasteiger partial charge in [-0.25, -0.2) is 24.3 Å². The summed E-state index contributed by atoms with van der Waals surface area (Å²) in [5.41, 5.74) is 3.64. The predicted molar refractivity (Wildman–Crippen MR) is 161 cm³/mol. The number of aromatic nitrogens is 4. The molecule has 4 aromatic carbocycles. The number of hydrogen-bond donors (Lipinski definition) is 2. The van der Waals surface area contributed by atoms with Crippen molar-refractivity contribution in [2.45, 2.75) is 13.8 Å². The van der Waals surface area contributed by atoms with Crippen LogP contribution in [0.15, 0.2) is 91.5 Å². The molecule has 0 aliphatic heterocycles. The van der Waals surface area contributed by atoms with E-state index in [9.17, 15) is 14.7 Å². The average molecular weight is 559 g/mol. The number of para-hydroxylation sites is 3. The fourth-order valence-electron chi connectivity index (χ4n) is 4.78. The lowest BCUT2D eigenvalue weighted by molar-refractivity contribution is 0.102. The van der Waals surface area contributed by atoms with E-state index in [1.807, 2.05) is 31.2 Å². The second-order valence-electron chi connectivity index (χ2n) is 9.74. The Morgan fingerprint density at radius 3 is 2.40 bits per heavy atom. The first-order chi connectivity index (χ1) is 20.3. The van der Waals surface area contributed by atoms with Crippen LogP contribution in [0.3, 0.4) is 0 Å². The van der Waals surface area contributed by atoms with Crippen molar-refractivity contribution in [2.75, 3.05) is 17.3 Å². The highest BCUT2D eigenvalue weighted by Gasteiger charge is 2.23. The topological polar surface area (TPSA) is 122 Å². The van der Waals surface area contributed by atoms with E-state index in [2.05, 4.69) is 20.3 Å². The molecule has 0 fully saturated rings. The fraction of sp³-hybridized carbons (Fsp3) is 0.0938. The molecule has 42 heavy (non-hydrogen) atoms. The van der Waals surface area contributed by atoms with Gasteiger partial charge in [0.2, 0.25) is 0 Å². The van der Waals surface area contributed by atoms with Crippen molar-refractivity contribution < 1.29 is 19.4 Å². The summed E-state index contributed by atoms with van der Waals surface area (Å²) in [4.78, 5) is 41.1. The SMILES string of the molecule is Cc1ccccc1NC(=O)c1cc(Oc2ccccc2N(C)C(=O)n2cnc3c(C)ncnc32)c2ccccc2c1O. The van der Waals surface area contributed by atoms with E-state index in [-0.39, 0.29) is 11.3 Å². The van der Waals surface area contributed by atoms with Crippen LogP contribution in [0.1, 0.15) is 21.6 Å². The van der Waals surface area contributed by atoms with Crippen LogP contribution in [0.25, 0.3) is 21.9 Å². The standard InChI is InChI=1S/C32H26N6O4/c1-19-10-4-7-13-24(19)36-31(40)23-16-27(21-11-5-6-12-22(21)29(23)39)42-26-15-9-8-14-25(26)37(3)32(41)38-18-35-28-20(2)33-17-34-30(28)38/h4-18,39H,1-3H3,(H,36,40). The molecule has 208 valence electrons. The molecule has 0 spiro atoms. The molecule has 0 saturated carbocycles. The van der Waals surface area contributed by atoms with Gasteiger partial charge < -0.3 is 15.2 Å². The molecular formula is C32H26N6O4. The molecule has 2 amide bonds. The summed E-state index contributed by atoms with van der Waals surface area (Å²) < 4.78 is 7.75. The number of benzene rings is 4. The van der Waals surface area contributed by atoms with E-state index in [4.69, 9.17) is 4.74 Å². The number of phenols is 1. The molecule has 10 heteroatoms. The number of amides is 2. The van der Waals surface area contributed by atoms with Gasteiger partial charge in [-0.3, -0.25) is 9.69 Å². The van der Waals surface area contributed by atoms with Crippen LogP contribution in [0.2, 0.25) is 0 Å². The van der Waals surface area contributed by atoms with Gasteiger partial charge in [0.05, 0.1) is 16.9 Å². The molecule has 0 radical (unpaired) electrons. The first-order valence-corrected chi connectivity index (χ1v) is 13.1. The minimum absolute atomic E-state index is 0.0498. The van der Waals surface area contributed by atoms with Gasteiger partial charge in [-0.1, -0.05) is 54.6 Å². The van der Waals surface area contributed by atoms with Gasteiger partial charge in [-0.05, 0) is 43.7 Å². The number of anilines is 2. The van der Waals surface area contributed by atoms with Gasteiger partial charge in [0, 0.05) is 23.5 Å². The van der Waals surface area contributed by atoms with E-state index >= 15 is 0 Å². The molecule has 6 rings (SSSR count). The number of imidazole rings is 1. The summed E-state index contributed by atoms with van der Waals surface area (Å²) in [6, 6.07) is 22.7. The number of aromatic hydroxyl groups is 1. The smallest absolute Gasteiger partial charge is 0.335 e. The van der Waals surface area contributed by atoms with E-state index in [0.29, 0.717) is 50.5 Å². The number of carbonyl (C=O) groups excluding carboxylic acids is 2. The second kappa shape index (κ2) is 10.7. The Bertz CT molecular complexity index is 2000. The number of phenolic OH excluding ortho intramolecular Hbond substituents is 1. The Labute approximate surface area is 240 Å². The summed E-state index contributed by atoms with van der Waals surface area (Å²) in [7, 11) is 1.63. The summed E-state index contributed by atoms with van der Waals surface area (Å²) >= 11 is 0. The van der Waals surface area contributed by atoms with Crippen LogP contribution in [-0.4, -0.2) is 43.6 Å². The lowest BCUT2D eigenvalue weighted by atomic mass is 10.0. The Balaban J connectivity index is 1.38. The van der Waals surface area contributed by atoms with Crippen LogP contribution >= 0.6 is 0 Å². The zero-order valence-electron chi connectivity index (χ0n) is 23.1. The number of nitrogens with one attached hydrogen (secondary N) is 1. The zero-order valence-corrected chi connectivity index (χ0v) is 23.1. The van der Waals surface area contributed by atoms with Gasteiger partial charge in [-0.15, -0.1) is 0 Å². The van der Waals surface area contributed by atoms with Crippen molar-refractivity contribution in [3.05, 3.63) is 108 Å². The number of carbonyl (C=O) groups is 2. The van der Waals surface area contributed by atoms with E-state index in [1.165, 1.54) is 28.2 Å².